The lowest BCUT2D eigenvalue weighted by atomic mass is 10.4. The van der Waals surface area contributed by atoms with Gasteiger partial charge in [0.05, 0.1) is 9.92 Å². The van der Waals surface area contributed by atoms with Crippen LogP contribution < -0.4 is 0 Å². The molecule has 0 spiro atoms. The summed E-state index contributed by atoms with van der Waals surface area (Å²) in [6, 6.07) is 4.96. The SMILES string of the molecule is CCN(CC)C(=O)n1ccc(S(=O)(=O)c2ccc(Cl)cc2Cl)n1. The number of benzene rings is 1. The van der Waals surface area contributed by atoms with Crippen LogP contribution in [-0.4, -0.2) is 42.2 Å². The number of hydrogen-bond acceptors (Lipinski definition) is 4. The second-order valence-electron chi connectivity index (χ2n) is 4.63. The first-order valence-corrected chi connectivity index (χ1v) is 9.10. The summed E-state index contributed by atoms with van der Waals surface area (Å²) in [5.41, 5.74) is 0. The largest absolute Gasteiger partial charge is 0.344 e. The van der Waals surface area contributed by atoms with Gasteiger partial charge < -0.3 is 4.90 Å². The molecule has 9 heteroatoms. The summed E-state index contributed by atoms with van der Waals surface area (Å²) in [7, 11) is -3.93. The van der Waals surface area contributed by atoms with Crippen molar-refractivity contribution in [1.29, 1.82) is 0 Å². The van der Waals surface area contributed by atoms with Crippen LogP contribution in [0, 0.1) is 0 Å². The van der Waals surface area contributed by atoms with Crippen molar-refractivity contribution in [3.8, 4) is 0 Å². The van der Waals surface area contributed by atoms with E-state index < -0.39 is 15.9 Å². The van der Waals surface area contributed by atoms with Gasteiger partial charge in [-0.15, -0.1) is 0 Å². The third kappa shape index (κ3) is 3.52. The lowest BCUT2D eigenvalue weighted by Gasteiger charge is -2.17. The Morgan fingerprint density at radius 1 is 1.22 bits per heavy atom. The number of rotatable bonds is 4. The predicted molar refractivity (Wildman–Crippen MR) is 87.9 cm³/mol. The Bertz CT molecular complexity index is 830. The minimum atomic E-state index is -3.93. The van der Waals surface area contributed by atoms with Crippen molar-refractivity contribution >= 4 is 39.1 Å². The topological polar surface area (TPSA) is 72.3 Å². The molecule has 0 unspecified atom stereocenters. The number of carbonyl (C=O) groups excluding carboxylic acids is 1. The highest BCUT2D eigenvalue weighted by atomic mass is 35.5. The third-order valence-electron chi connectivity index (χ3n) is 3.25. The van der Waals surface area contributed by atoms with Crippen LogP contribution in [0.3, 0.4) is 0 Å². The first-order chi connectivity index (χ1) is 10.8. The molecule has 23 heavy (non-hydrogen) atoms. The van der Waals surface area contributed by atoms with Crippen LogP contribution in [0.5, 0.6) is 0 Å². The number of nitrogens with zero attached hydrogens (tertiary/aromatic N) is 3. The van der Waals surface area contributed by atoms with Crippen LogP contribution in [0.15, 0.2) is 40.4 Å². The molecule has 0 aliphatic carbocycles. The number of hydrogen-bond donors (Lipinski definition) is 0. The van der Waals surface area contributed by atoms with Crippen LogP contribution in [-0.2, 0) is 9.84 Å². The van der Waals surface area contributed by atoms with Crippen molar-refractivity contribution < 1.29 is 13.2 Å². The Morgan fingerprint density at radius 3 is 2.43 bits per heavy atom. The summed E-state index contributed by atoms with van der Waals surface area (Å²) < 4.78 is 26.2. The average molecular weight is 376 g/mol. The summed E-state index contributed by atoms with van der Waals surface area (Å²) in [6.07, 6.45) is 1.32. The summed E-state index contributed by atoms with van der Waals surface area (Å²) >= 11 is 11.7. The van der Waals surface area contributed by atoms with Gasteiger partial charge >= 0.3 is 6.03 Å². The number of aromatic nitrogens is 2. The summed E-state index contributed by atoms with van der Waals surface area (Å²) in [5, 5.41) is 3.97. The van der Waals surface area contributed by atoms with E-state index in [1.54, 1.807) is 0 Å². The Labute approximate surface area is 144 Å². The van der Waals surface area contributed by atoms with Crippen molar-refractivity contribution in [3.05, 3.63) is 40.5 Å². The van der Waals surface area contributed by atoms with Gasteiger partial charge in [0, 0.05) is 24.3 Å². The van der Waals surface area contributed by atoms with Crippen LogP contribution in [0.1, 0.15) is 13.8 Å². The maximum absolute atomic E-state index is 12.6. The van der Waals surface area contributed by atoms with Gasteiger partial charge in [-0.3, -0.25) is 0 Å². The van der Waals surface area contributed by atoms with E-state index in [1.807, 2.05) is 13.8 Å². The zero-order chi connectivity index (χ0) is 17.2. The molecule has 0 atom stereocenters. The molecule has 0 saturated carbocycles. The van der Waals surface area contributed by atoms with Crippen LogP contribution >= 0.6 is 23.2 Å². The molecule has 0 bridgehead atoms. The Morgan fingerprint density at radius 2 is 1.87 bits per heavy atom. The molecule has 0 N–H and O–H groups in total. The normalized spacial score (nSPS) is 11.5. The molecule has 2 aromatic rings. The highest BCUT2D eigenvalue weighted by Gasteiger charge is 2.25. The van der Waals surface area contributed by atoms with E-state index in [4.69, 9.17) is 23.2 Å². The van der Waals surface area contributed by atoms with E-state index in [2.05, 4.69) is 5.10 Å². The fourth-order valence-corrected chi connectivity index (χ4v) is 3.94. The molecule has 1 amide bonds. The molecule has 1 aromatic heterocycles. The van der Waals surface area contributed by atoms with E-state index >= 15 is 0 Å². The molecule has 1 aromatic carbocycles. The second kappa shape index (κ2) is 6.90. The zero-order valence-electron chi connectivity index (χ0n) is 12.5. The molecule has 0 aliphatic heterocycles. The van der Waals surface area contributed by atoms with E-state index in [1.165, 1.54) is 35.4 Å². The smallest absolute Gasteiger partial charge is 0.323 e. The summed E-state index contributed by atoms with van der Waals surface area (Å²) in [4.78, 5) is 13.6. The Balaban J connectivity index is 2.41. The van der Waals surface area contributed by atoms with Gasteiger partial charge in [0.1, 0.15) is 0 Å². The first-order valence-electron chi connectivity index (χ1n) is 6.86. The quantitative estimate of drug-likeness (QED) is 0.821. The number of sulfone groups is 1. The summed E-state index contributed by atoms with van der Waals surface area (Å²) in [5.74, 6) is 0. The molecule has 0 fully saturated rings. The van der Waals surface area contributed by atoms with Crippen LogP contribution in [0.2, 0.25) is 10.0 Å². The van der Waals surface area contributed by atoms with E-state index in [9.17, 15) is 13.2 Å². The van der Waals surface area contributed by atoms with Gasteiger partial charge in [0.2, 0.25) is 9.84 Å². The fraction of sp³-hybridized carbons (Fsp3) is 0.286. The van der Waals surface area contributed by atoms with Crippen molar-refractivity contribution in [2.75, 3.05) is 13.1 Å². The highest BCUT2D eigenvalue weighted by Crippen LogP contribution is 2.29. The van der Waals surface area contributed by atoms with Gasteiger partial charge in [-0.1, -0.05) is 23.2 Å². The minimum Gasteiger partial charge on any atom is -0.323 e. The predicted octanol–water partition coefficient (Wildman–Crippen LogP) is 3.33. The average Bonchev–Trinajstić information content (AvgIpc) is 2.98. The molecule has 0 saturated heterocycles. The second-order valence-corrected chi connectivity index (χ2v) is 7.34. The van der Waals surface area contributed by atoms with Crippen molar-refractivity contribution in [1.82, 2.24) is 14.7 Å². The van der Waals surface area contributed by atoms with Gasteiger partial charge in [-0.25, -0.2) is 13.2 Å². The van der Waals surface area contributed by atoms with E-state index in [0.717, 1.165) is 4.68 Å². The van der Waals surface area contributed by atoms with E-state index in [0.29, 0.717) is 18.1 Å². The number of amides is 1. The summed E-state index contributed by atoms with van der Waals surface area (Å²) in [6.45, 7) is 4.66. The molecular formula is C14H15Cl2N3O3S. The monoisotopic (exact) mass is 375 g/mol. The maximum Gasteiger partial charge on any atom is 0.344 e. The van der Waals surface area contributed by atoms with Gasteiger partial charge in [-0.2, -0.15) is 9.78 Å². The molecule has 6 nitrogen and oxygen atoms in total. The van der Waals surface area contributed by atoms with Crippen LogP contribution in [0.4, 0.5) is 4.79 Å². The van der Waals surface area contributed by atoms with E-state index in [-0.39, 0.29) is 14.9 Å². The zero-order valence-corrected chi connectivity index (χ0v) is 14.9. The highest BCUT2D eigenvalue weighted by molar-refractivity contribution is 7.91. The van der Waals surface area contributed by atoms with Gasteiger partial charge in [0.25, 0.3) is 0 Å². The minimum absolute atomic E-state index is 0.00196. The Hall–Kier alpha value is -1.57. The van der Waals surface area contributed by atoms with Crippen molar-refractivity contribution in [2.45, 2.75) is 23.8 Å². The molecular weight excluding hydrogens is 361 g/mol. The van der Waals surface area contributed by atoms with Crippen molar-refractivity contribution in [3.63, 3.8) is 0 Å². The standard InChI is InChI=1S/C14H15Cl2N3O3S/c1-3-18(4-2)14(20)19-8-7-13(17-19)23(21,22)12-6-5-10(15)9-11(12)16/h5-9H,3-4H2,1-2H3. The van der Waals surface area contributed by atoms with Crippen molar-refractivity contribution in [2.24, 2.45) is 0 Å². The number of carbonyl (C=O) groups is 1. The molecule has 2 rings (SSSR count). The lowest BCUT2D eigenvalue weighted by molar-refractivity contribution is 0.201. The lowest BCUT2D eigenvalue weighted by Crippen LogP contribution is -2.34. The maximum atomic E-state index is 12.6. The molecule has 124 valence electrons. The third-order valence-corrected chi connectivity index (χ3v) is 5.62. The molecule has 0 radical (unpaired) electrons. The Kier molecular flexibility index (Phi) is 5.33. The fourth-order valence-electron chi connectivity index (χ4n) is 2.00. The first kappa shape index (κ1) is 17.8. The molecule has 1 heterocycles. The number of halogens is 2. The van der Waals surface area contributed by atoms with Gasteiger partial charge in [0.15, 0.2) is 5.03 Å². The van der Waals surface area contributed by atoms with Crippen LogP contribution in [0.25, 0.3) is 0 Å². The van der Waals surface area contributed by atoms with Gasteiger partial charge in [-0.05, 0) is 38.1 Å². The molecule has 0 aliphatic rings.